The quantitative estimate of drug-likeness (QED) is 0.572. The SMILES string of the molecule is CC(C)CC(=Cc1ccc(OC(C)C)cc1)[N+](=O)[O-]. The molecule has 1 aromatic rings. The Kier molecular flexibility index (Phi) is 5.55. The van der Waals surface area contributed by atoms with Crippen LogP contribution in [0.25, 0.3) is 6.08 Å². The average molecular weight is 263 g/mol. The molecule has 0 fully saturated rings. The van der Waals surface area contributed by atoms with Crippen LogP contribution in [0.2, 0.25) is 0 Å². The molecular weight excluding hydrogens is 242 g/mol. The molecule has 0 spiro atoms. The zero-order chi connectivity index (χ0) is 14.4. The maximum atomic E-state index is 11.0. The molecule has 0 heterocycles. The first kappa shape index (κ1) is 15.2. The van der Waals surface area contributed by atoms with Crippen LogP contribution in [0.5, 0.6) is 5.75 Å². The number of benzene rings is 1. The van der Waals surface area contributed by atoms with Crippen LogP contribution in [0.4, 0.5) is 0 Å². The summed E-state index contributed by atoms with van der Waals surface area (Å²) < 4.78 is 5.53. The molecule has 19 heavy (non-hydrogen) atoms. The maximum absolute atomic E-state index is 11.0. The van der Waals surface area contributed by atoms with Crippen LogP contribution in [0, 0.1) is 16.0 Å². The minimum atomic E-state index is -0.307. The van der Waals surface area contributed by atoms with E-state index in [0.717, 1.165) is 11.3 Å². The van der Waals surface area contributed by atoms with Gasteiger partial charge >= 0.3 is 0 Å². The summed E-state index contributed by atoms with van der Waals surface area (Å²) in [6.45, 7) is 7.86. The van der Waals surface area contributed by atoms with E-state index in [1.807, 2.05) is 52.0 Å². The van der Waals surface area contributed by atoms with Gasteiger partial charge in [0.05, 0.1) is 11.0 Å². The Bertz CT molecular complexity index is 447. The van der Waals surface area contributed by atoms with Gasteiger partial charge in [0, 0.05) is 12.5 Å². The van der Waals surface area contributed by atoms with Crippen LogP contribution in [-0.2, 0) is 0 Å². The number of ether oxygens (including phenoxy) is 1. The predicted molar refractivity (Wildman–Crippen MR) is 76.6 cm³/mol. The van der Waals surface area contributed by atoms with E-state index < -0.39 is 0 Å². The van der Waals surface area contributed by atoms with Crippen LogP contribution in [-0.4, -0.2) is 11.0 Å². The second-order valence-corrected chi connectivity index (χ2v) is 5.23. The fourth-order valence-electron chi connectivity index (χ4n) is 1.71. The number of hydrogen-bond acceptors (Lipinski definition) is 3. The van der Waals surface area contributed by atoms with Crippen molar-refractivity contribution in [1.82, 2.24) is 0 Å². The molecule has 0 saturated carbocycles. The Labute approximate surface area is 114 Å². The molecule has 0 bridgehead atoms. The van der Waals surface area contributed by atoms with Gasteiger partial charge in [0.1, 0.15) is 5.75 Å². The topological polar surface area (TPSA) is 52.4 Å². The molecule has 0 aliphatic rings. The van der Waals surface area contributed by atoms with Gasteiger partial charge < -0.3 is 4.74 Å². The average Bonchev–Trinajstić information content (AvgIpc) is 2.29. The summed E-state index contributed by atoms with van der Waals surface area (Å²) in [5.74, 6) is 1.04. The first-order chi connectivity index (χ1) is 8.88. The normalized spacial score (nSPS) is 12.0. The van der Waals surface area contributed by atoms with Crippen molar-refractivity contribution in [3.8, 4) is 5.75 Å². The predicted octanol–water partition coefficient (Wildman–Crippen LogP) is 4.14. The smallest absolute Gasteiger partial charge is 0.247 e. The molecule has 0 radical (unpaired) electrons. The van der Waals surface area contributed by atoms with E-state index in [2.05, 4.69) is 0 Å². The summed E-state index contributed by atoms with van der Waals surface area (Å²) in [5, 5.41) is 11.0. The molecule has 0 N–H and O–H groups in total. The Balaban J connectivity index is 2.86. The largest absolute Gasteiger partial charge is 0.491 e. The molecule has 4 nitrogen and oxygen atoms in total. The van der Waals surface area contributed by atoms with Crippen LogP contribution < -0.4 is 4.74 Å². The van der Waals surface area contributed by atoms with E-state index in [1.54, 1.807) is 6.08 Å². The Morgan fingerprint density at radius 1 is 1.26 bits per heavy atom. The van der Waals surface area contributed by atoms with Gasteiger partial charge in [-0.2, -0.15) is 0 Å². The van der Waals surface area contributed by atoms with Crippen molar-refractivity contribution < 1.29 is 9.66 Å². The summed E-state index contributed by atoms with van der Waals surface area (Å²) in [6, 6.07) is 7.33. The molecule has 0 unspecified atom stereocenters. The van der Waals surface area contributed by atoms with E-state index in [9.17, 15) is 10.1 Å². The van der Waals surface area contributed by atoms with Crippen LogP contribution in [0.3, 0.4) is 0 Å². The van der Waals surface area contributed by atoms with Gasteiger partial charge in [-0.05, 0) is 37.5 Å². The van der Waals surface area contributed by atoms with E-state index >= 15 is 0 Å². The molecule has 4 heteroatoms. The standard InChI is InChI=1S/C15H21NO3/c1-11(2)9-14(16(17)18)10-13-5-7-15(8-6-13)19-12(3)4/h5-8,10-12H,9H2,1-4H3. The zero-order valence-electron chi connectivity index (χ0n) is 11.9. The number of rotatable bonds is 6. The zero-order valence-corrected chi connectivity index (χ0v) is 11.9. The summed E-state index contributed by atoms with van der Waals surface area (Å²) in [7, 11) is 0. The number of hydrogen-bond donors (Lipinski definition) is 0. The fraction of sp³-hybridized carbons (Fsp3) is 0.467. The molecule has 0 saturated heterocycles. The highest BCUT2D eigenvalue weighted by atomic mass is 16.6. The monoisotopic (exact) mass is 263 g/mol. The van der Waals surface area contributed by atoms with Crippen molar-refractivity contribution in [3.05, 3.63) is 45.6 Å². The van der Waals surface area contributed by atoms with Gasteiger partial charge in [-0.3, -0.25) is 10.1 Å². The van der Waals surface area contributed by atoms with Crippen molar-refractivity contribution in [1.29, 1.82) is 0 Å². The van der Waals surface area contributed by atoms with E-state index in [1.165, 1.54) is 0 Å². The third-order valence-electron chi connectivity index (χ3n) is 2.44. The van der Waals surface area contributed by atoms with E-state index in [-0.39, 0.29) is 22.6 Å². The van der Waals surface area contributed by atoms with Gasteiger partial charge in [0.25, 0.3) is 0 Å². The van der Waals surface area contributed by atoms with Gasteiger partial charge in [-0.15, -0.1) is 0 Å². The summed E-state index contributed by atoms with van der Waals surface area (Å²) >= 11 is 0. The highest BCUT2D eigenvalue weighted by molar-refractivity contribution is 5.52. The first-order valence-corrected chi connectivity index (χ1v) is 6.50. The molecule has 1 rings (SSSR count). The minimum absolute atomic E-state index is 0.122. The highest BCUT2D eigenvalue weighted by Gasteiger charge is 2.12. The van der Waals surface area contributed by atoms with Crippen LogP contribution in [0.15, 0.2) is 30.0 Å². The Morgan fingerprint density at radius 3 is 2.26 bits per heavy atom. The van der Waals surface area contributed by atoms with Gasteiger partial charge in [0.2, 0.25) is 5.70 Å². The fourth-order valence-corrected chi connectivity index (χ4v) is 1.71. The van der Waals surface area contributed by atoms with Crippen molar-refractivity contribution in [2.75, 3.05) is 0 Å². The summed E-state index contributed by atoms with van der Waals surface area (Å²) in [4.78, 5) is 10.7. The van der Waals surface area contributed by atoms with Crippen LogP contribution >= 0.6 is 0 Å². The highest BCUT2D eigenvalue weighted by Crippen LogP contribution is 2.19. The molecule has 1 aromatic carbocycles. The maximum Gasteiger partial charge on any atom is 0.247 e. The molecule has 0 aliphatic carbocycles. The van der Waals surface area contributed by atoms with E-state index in [0.29, 0.717) is 6.42 Å². The number of allylic oxidation sites excluding steroid dienone is 1. The molecule has 0 aromatic heterocycles. The Hall–Kier alpha value is -1.84. The van der Waals surface area contributed by atoms with Gasteiger partial charge in [-0.1, -0.05) is 26.0 Å². The number of nitrogens with zero attached hydrogens (tertiary/aromatic N) is 1. The third-order valence-corrected chi connectivity index (χ3v) is 2.44. The molecule has 104 valence electrons. The second-order valence-electron chi connectivity index (χ2n) is 5.23. The number of nitro groups is 1. The lowest BCUT2D eigenvalue weighted by molar-refractivity contribution is -0.427. The van der Waals surface area contributed by atoms with E-state index in [4.69, 9.17) is 4.74 Å². The lowest BCUT2D eigenvalue weighted by Crippen LogP contribution is -2.05. The van der Waals surface area contributed by atoms with Crippen molar-refractivity contribution in [3.63, 3.8) is 0 Å². The molecule has 0 aliphatic heterocycles. The van der Waals surface area contributed by atoms with Crippen molar-refractivity contribution >= 4 is 6.08 Å². The lowest BCUT2D eigenvalue weighted by Gasteiger charge is -2.09. The summed E-state index contributed by atoms with van der Waals surface area (Å²) in [6.07, 6.45) is 2.22. The van der Waals surface area contributed by atoms with Gasteiger partial charge in [-0.25, -0.2) is 0 Å². The molecule has 0 amide bonds. The third kappa shape index (κ3) is 5.55. The lowest BCUT2D eigenvalue weighted by atomic mass is 10.1. The Morgan fingerprint density at radius 2 is 1.84 bits per heavy atom. The first-order valence-electron chi connectivity index (χ1n) is 6.50. The van der Waals surface area contributed by atoms with Crippen molar-refractivity contribution in [2.24, 2.45) is 5.92 Å². The summed E-state index contributed by atoms with van der Waals surface area (Å²) in [5.41, 5.74) is 1.07. The van der Waals surface area contributed by atoms with Crippen LogP contribution in [0.1, 0.15) is 39.7 Å². The van der Waals surface area contributed by atoms with Gasteiger partial charge in [0.15, 0.2) is 0 Å². The minimum Gasteiger partial charge on any atom is -0.491 e. The van der Waals surface area contributed by atoms with Crippen molar-refractivity contribution in [2.45, 2.75) is 40.2 Å². The second kappa shape index (κ2) is 6.92. The molecule has 0 atom stereocenters. The molecular formula is C15H21NO3.